The summed E-state index contributed by atoms with van der Waals surface area (Å²) in [6.45, 7) is 3.45. The van der Waals surface area contributed by atoms with Crippen molar-refractivity contribution in [3.63, 3.8) is 0 Å². The van der Waals surface area contributed by atoms with Crippen LogP contribution in [0.5, 0.6) is 0 Å². The van der Waals surface area contributed by atoms with E-state index in [1.54, 1.807) is 6.20 Å². The van der Waals surface area contributed by atoms with Gasteiger partial charge in [-0.3, -0.25) is 4.79 Å². The summed E-state index contributed by atoms with van der Waals surface area (Å²) in [4.78, 5) is 12.1. The molecule has 0 atom stereocenters. The van der Waals surface area contributed by atoms with Crippen molar-refractivity contribution >= 4 is 17.3 Å². The van der Waals surface area contributed by atoms with Crippen molar-refractivity contribution in [3.8, 4) is 0 Å². The Kier molecular flexibility index (Phi) is 6.06. The van der Waals surface area contributed by atoms with Crippen LogP contribution in [0.1, 0.15) is 45.4 Å². The van der Waals surface area contributed by atoms with Crippen LogP contribution in [0.2, 0.25) is 5.02 Å². The van der Waals surface area contributed by atoms with Gasteiger partial charge in [-0.1, -0.05) is 24.9 Å². The zero-order chi connectivity index (χ0) is 15.2. The Balaban J connectivity index is 1.94. The van der Waals surface area contributed by atoms with Gasteiger partial charge in [0.15, 0.2) is 0 Å². The van der Waals surface area contributed by atoms with Crippen molar-refractivity contribution in [1.82, 2.24) is 9.78 Å². The Labute approximate surface area is 130 Å². The van der Waals surface area contributed by atoms with E-state index in [-0.39, 0.29) is 16.7 Å². The smallest absolute Gasteiger partial charge is 0.287 e. The summed E-state index contributed by atoms with van der Waals surface area (Å²) < 4.78 is 1.42. The molecule has 1 aliphatic carbocycles. The first-order chi connectivity index (χ1) is 10.1. The second-order valence-corrected chi connectivity index (χ2v) is 6.19. The normalized spacial score (nSPS) is 22.2. The Hall–Kier alpha value is -1.07. The molecular formula is C15H24ClN3O2. The predicted octanol–water partition coefficient (Wildman–Crippen LogP) is 2.66. The molecular weight excluding hydrogens is 290 g/mol. The fourth-order valence-corrected chi connectivity index (χ4v) is 2.87. The van der Waals surface area contributed by atoms with E-state index in [1.807, 2.05) is 0 Å². The summed E-state index contributed by atoms with van der Waals surface area (Å²) in [5, 5.41) is 17.1. The highest BCUT2D eigenvalue weighted by molar-refractivity contribution is 6.32. The van der Waals surface area contributed by atoms with Gasteiger partial charge in [-0.15, -0.1) is 0 Å². The second kappa shape index (κ2) is 7.80. The van der Waals surface area contributed by atoms with E-state index in [2.05, 4.69) is 17.3 Å². The number of rotatable bonds is 6. The first-order valence-corrected chi connectivity index (χ1v) is 8.17. The first kappa shape index (κ1) is 16.3. The number of nitrogens with one attached hydrogen (secondary N) is 1. The molecule has 0 aliphatic heterocycles. The molecule has 2 N–H and O–H groups in total. The summed E-state index contributed by atoms with van der Waals surface area (Å²) in [7, 11) is 0. The molecule has 0 radical (unpaired) electrons. The zero-order valence-corrected chi connectivity index (χ0v) is 13.3. The van der Waals surface area contributed by atoms with Gasteiger partial charge in [0, 0.05) is 13.1 Å². The van der Waals surface area contributed by atoms with Gasteiger partial charge in [0.2, 0.25) is 0 Å². The van der Waals surface area contributed by atoms with Crippen molar-refractivity contribution in [2.75, 3.05) is 11.9 Å². The third kappa shape index (κ3) is 4.45. The molecule has 1 aromatic heterocycles. The Morgan fingerprint density at radius 2 is 2.14 bits per heavy atom. The average Bonchev–Trinajstić information content (AvgIpc) is 2.49. The fraction of sp³-hybridized carbons (Fsp3) is 0.733. The monoisotopic (exact) mass is 313 g/mol. The van der Waals surface area contributed by atoms with Crippen molar-refractivity contribution in [1.29, 1.82) is 0 Å². The number of aliphatic hydroxyl groups excluding tert-OH is 1. The van der Waals surface area contributed by atoms with Gasteiger partial charge in [0.1, 0.15) is 5.02 Å². The van der Waals surface area contributed by atoms with E-state index in [0.717, 1.165) is 45.1 Å². The molecule has 1 fully saturated rings. The maximum atomic E-state index is 12.1. The summed E-state index contributed by atoms with van der Waals surface area (Å²) in [5.74, 6) is 0.520. The molecule has 5 nitrogen and oxygen atoms in total. The highest BCUT2D eigenvalue weighted by atomic mass is 35.5. The fourth-order valence-electron chi connectivity index (χ4n) is 2.66. The largest absolute Gasteiger partial charge is 0.393 e. The van der Waals surface area contributed by atoms with Gasteiger partial charge in [-0.25, -0.2) is 4.68 Å². The van der Waals surface area contributed by atoms with Gasteiger partial charge in [-0.05, 0) is 38.0 Å². The van der Waals surface area contributed by atoms with Crippen molar-refractivity contribution in [2.24, 2.45) is 5.92 Å². The highest BCUT2D eigenvalue weighted by Gasteiger charge is 2.19. The third-order valence-corrected chi connectivity index (χ3v) is 4.47. The van der Waals surface area contributed by atoms with Crippen LogP contribution in [-0.4, -0.2) is 27.5 Å². The maximum Gasteiger partial charge on any atom is 0.287 e. The lowest BCUT2D eigenvalue weighted by atomic mass is 9.87. The van der Waals surface area contributed by atoms with Crippen LogP contribution in [0.25, 0.3) is 0 Å². The van der Waals surface area contributed by atoms with Crippen molar-refractivity contribution in [2.45, 2.75) is 58.1 Å². The minimum absolute atomic E-state index is 0.144. The van der Waals surface area contributed by atoms with Crippen LogP contribution in [0.4, 0.5) is 5.69 Å². The number of aromatic nitrogens is 2. The zero-order valence-electron chi connectivity index (χ0n) is 12.5. The Bertz CT molecular complexity index is 510. The standard InChI is InChI=1S/C15H24ClN3O2/c1-2-3-8-19-15(21)14(16)13(10-18-19)17-9-11-4-6-12(20)7-5-11/h10-12,17,20H,2-9H2,1H3. The van der Waals surface area contributed by atoms with Crippen molar-refractivity contribution < 1.29 is 5.11 Å². The van der Waals surface area contributed by atoms with Crippen LogP contribution in [-0.2, 0) is 6.54 Å². The molecule has 0 bridgehead atoms. The second-order valence-electron chi connectivity index (χ2n) is 5.81. The lowest BCUT2D eigenvalue weighted by Gasteiger charge is -2.25. The van der Waals surface area contributed by atoms with Crippen LogP contribution >= 0.6 is 11.6 Å². The number of halogens is 1. The molecule has 1 heterocycles. The minimum Gasteiger partial charge on any atom is -0.393 e. The summed E-state index contributed by atoms with van der Waals surface area (Å²) >= 11 is 6.14. The van der Waals surface area contributed by atoms with E-state index in [9.17, 15) is 9.90 Å². The highest BCUT2D eigenvalue weighted by Crippen LogP contribution is 2.25. The van der Waals surface area contributed by atoms with Crippen LogP contribution < -0.4 is 10.9 Å². The molecule has 6 heteroatoms. The summed E-state index contributed by atoms with van der Waals surface area (Å²) in [6, 6.07) is 0. The molecule has 0 amide bonds. The molecule has 118 valence electrons. The lowest BCUT2D eigenvalue weighted by Crippen LogP contribution is -2.26. The lowest BCUT2D eigenvalue weighted by molar-refractivity contribution is 0.111. The summed E-state index contributed by atoms with van der Waals surface area (Å²) in [5.41, 5.74) is 0.384. The Morgan fingerprint density at radius 1 is 1.43 bits per heavy atom. The maximum absolute atomic E-state index is 12.1. The van der Waals surface area contributed by atoms with Gasteiger partial charge in [0.05, 0.1) is 18.0 Å². The quantitative estimate of drug-likeness (QED) is 0.847. The average molecular weight is 314 g/mol. The van der Waals surface area contributed by atoms with Gasteiger partial charge in [0.25, 0.3) is 5.56 Å². The Morgan fingerprint density at radius 3 is 2.81 bits per heavy atom. The number of hydrogen-bond acceptors (Lipinski definition) is 4. The van der Waals surface area contributed by atoms with E-state index in [0.29, 0.717) is 18.2 Å². The van der Waals surface area contributed by atoms with E-state index < -0.39 is 0 Å². The molecule has 0 saturated heterocycles. The predicted molar refractivity (Wildman–Crippen MR) is 84.9 cm³/mol. The van der Waals surface area contributed by atoms with E-state index >= 15 is 0 Å². The molecule has 1 aliphatic rings. The van der Waals surface area contributed by atoms with Gasteiger partial charge >= 0.3 is 0 Å². The molecule has 1 aromatic rings. The number of aliphatic hydroxyl groups is 1. The van der Waals surface area contributed by atoms with Crippen LogP contribution in [0, 0.1) is 5.92 Å². The van der Waals surface area contributed by atoms with Crippen LogP contribution in [0.3, 0.4) is 0 Å². The number of anilines is 1. The molecule has 2 rings (SSSR count). The molecule has 0 aromatic carbocycles. The minimum atomic E-state index is -0.228. The molecule has 21 heavy (non-hydrogen) atoms. The molecule has 1 saturated carbocycles. The number of aryl methyl sites for hydroxylation is 1. The number of hydrogen-bond donors (Lipinski definition) is 2. The molecule has 0 unspecified atom stereocenters. The van der Waals surface area contributed by atoms with E-state index in [1.165, 1.54) is 4.68 Å². The number of nitrogens with zero attached hydrogens (tertiary/aromatic N) is 2. The topological polar surface area (TPSA) is 67.2 Å². The molecule has 0 spiro atoms. The van der Waals surface area contributed by atoms with Crippen molar-refractivity contribution in [3.05, 3.63) is 21.6 Å². The number of unbranched alkanes of at least 4 members (excludes halogenated alkanes) is 1. The van der Waals surface area contributed by atoms with Gasteiger partial charge < -0.3 is 10.4 Å². The van der Waals surface area contributed by atoms with Crippen LogP contribution in [0.15, 0.2) is 11.0 Å². The van der Waals surface area contributed by atoms with E-state index in [4.69, 9.17) is 11.6 Å². The first-order valence-electron chi connectivity index (χ1n) is 7.79. The van der Waals surface area contributed by atoms with Gasteiger partial charge in [-0.2, -0.15) is 5.10 Å². The SMILES string of the molecule is CCCCn1ncc(NCC2CCC(O)CC2)c(Cl)c1=O. The third-order valence-electron chi connectivity index (χ3n) is 4.11. The summed E-state index contributed by atoms with van der Waals surface area (Å²) in [6.07, 6.45) is 7.15.